The number of aryl methyl sites for hydroxylation is 1. The first kappa shape index (κ1) is 19.2. The fourth-order valence-electron chi connectivity index (χ4n) is 3.59. The van der Waals surface area contributed by atoms with Crippen LogP contribution < -0.4 is 5.32 Å². The van der Waals surface area contributed by atoms with Crippen LogP contribution in [0.1, 0.15) is 44.2 Å². The molecule has 3 aromatic rings. The molecule has 0 radical (unpaired) electrons. The predicted octanol–water partition coefficient (Wildman–Crippen LogP) is 5.06. The largest absolute Gasteiger partial charge is 0.353 e. The Bertz CT molecular complexity index is 895. The van der Waals surface area contributed by atoms with Gasteiger partial charge >= 0.3 is 0 Å². The molecule has 0 spiro atoms. The zero-order valence-electron chi connectivity index (χ0n) is 16.8. The summed E-state index contributed by atoms with van der Waals surface area (Å²) >= 11 is 0. The second-order valence-electron chi connectivity index (χ2n) is 7.90. The number of hydrogen-bond donors (Lipinski definition) is 1. The van der Waals surface area contributed by atoms with Crippen LogP contribution in [0.15, 0.2) is 60.8 Å². The van der Waals surface area contributed by atoms with E-state index in [0.717, 1.165) is 6.42 Å². The number of aromatic nitrogens is 1. The molecule has 142 valence electrons. The molecule has 1 amide bonds. The molecule has 2 unspecified atom stereocenters. The van der Waals surface area contributed by atoms with Crippen LogP contribution in [0, 0.1) is 5.92 Å². The molecule has 0 aliphatic heterocycles. The molecule has 27 heavy (non-hydrogen) atoms. The van der Waals surface area contributed by atoms with E-state index in [-0.39, 0.29) is 17.9 Å². The summed E-state index contributed by atoms with van der Waals surface area (Å²) in [5, 5.41) is 4.42. The van der Waals surface area contributed by atoms with Crippen LogP contribution in [0.4, 0.5) is 0 Å². The Kier molecular flexibility index (Phi) is 6.00. The van der Waals surface area contributed by atoms with Crippen LogP contribution in [-0.2, 0) is 18.3 Å². The maximum Gasteiger partial charge on any atom is 0.220 e. The van der Waals surface area contributed by atoms with Crippen LogP contribution in [0.5, 0.6) is 0 Å². The summed E-state index contributed by atoms with van der Waals surface area (Å²) in [4.78, 5) is 12.8. The molecule has 2 aromatic carbocycles. The van der Waals surface area contributed by atoms with Crippen molar-refractivity contribution in [1.82, 2.24) is 9.88 Å². The standard InChI is InChI=1S/C24H30N2O/c1-17(2)18(3)25-24(27)15-20(14-19-10-6-5-7-11-19)22-16-26(4)23-13-9-8-12-21(22)23/h5-13,16-18,20H,14-15H2,1-4H3,(H,25,27). The van der Waals surface area contributed by atoms with Crippen LogP contribution in [0.25, 0.3) is 10.9 Å². The maximum atomic E-state index is 12.8. The number of fused-ring (bicyclic) bond motifs is 1. The summed E-state index contributed by atoms with van der Waals surface area (Å²) in [6, 6.07) is 19.1. The second-order valence-corrected chi connectivity index (χ2v) is 7.90. The molecule has 0 fully saturated rings. The highest BCUT2D eigenvalue weighted by Crippen LogP contribution is 2.32. The fourth-order valence-corrected chi connectivity index (χ4v) is 3.59. The highest BCUT2D eigenvalue weighted by molar-refractivity contribution is 5.86. The Morgan fingerprint density at radius 2 is 1.67 bits per heavy atom. The molecule has 2 atom stereocenters. The quantitative estimate of drug-likeness (QED) is 0.626. The number of hydrogen-bond acceptors (Lipinski definition) is 1. The lowest BCUT2D eigenvalue weighted by atomic mass is 9.88. The van der Waals surface area contributed by atoms with Crippen molar-refractivity contribution in [3.63, 3.8) is 0 Å². The Balaban J connectivity index is 1.91. The van der Waals surface area contributed by atoms with Crippen LogP contribution in [-0.4, -0.2) is 16.5 Å². The molecule has 0 saturated carbocycles. The summed E-state index contributed by atoms with van der Waals surface area (Å²) in [5.74, 6) is 0.710. The lowest BCUT2D eigenvalue weighted by molar-refractivity contribution is -0.122. The number of carbonyl (C=O) groups excluding carboxylic acids is 1. The van der Waals surface area contributed by atoms with Crippen molar-refractivity contribution in [1.29, 1.82) is 0 Å². The minimum Gasteiger partial charge on any atom is -0.353 e. The smallest absolute Gasteiger partial charge is 0.220 e. The third kappa shape index (κ3) is 4.60. The number of nitrogens with one attached hydrogen (secondary N) is 1. The van der Waals surface area contributed by atoms with Gasteiger partial charge in [-0.3, -0.25) is 4.79 Å². The zero-order chi connectivity index (χ0) is 19.4. The number of rotatable bonds is 7. The van der Waals surface area contributed by atoms with E-state index in [1.807, 2.05) is 6.07 Å². The Labute approximate surface area is 162 Å². The third-order valence-corrected chi connectivity index (χ3v) is 5.51. The molecule has 3 nitrogen and oxygen atoms in total. The molecular weight excluding hydrogens is 332 g/mol. The summed E-state index contributed by atoms with van der Waals surface area (Å²) in [6.07, 6.45) is 3.55. The van der Waals surface area contributed by atoms with Gasteiger partial charge in [-0.2, -0.15) is 0 Å². The van der Waals surface area contributed by atoms with Crippen LogP contribution >= 0.6 is 0 Å². The van der Waals surface area contributed by atoms with E-state index >= 15 is 0 Å². The van der Waals surface area contributed by atoms with Gasteiger partial charge in [0.1, 0.15) is 0 Å². The monoisotopic (exact) mass is 362 g/mol. The highest BCUT2D eigenvalue weighted by atomic mass is 16.1. The number of carbonyl (C=O) groups is 1. The van der Waals surface area contributed by atoms with Gasteiger partial charge in [0.15, 0.2) is 0 Å². The van der Waals surface area contributed by atoms with Crippen molar-refractivity contribution in [3.8, 4) is 0 Å². The molecule has 1 heterocycles. The first-order chi connectivity index (χ1) is 13.0. The Hall–Kier alpha value is -2.55. The minimum absolute atomic E-state index is 0.130. The van der Waals surface area contributed by atoms with Gasteiger partial charge in [0, 0.05) is 36.6 Å². The summed E-state index contributed by atoms with van der Waals surface area (Å²) in [7, 11) is 2.08. The average molecular weight is 363 g/mol. The Morgan fingerprint density at radius 1 is 1.00 bits per heavy atom. The summed E-state index contributed by atoms with van der Waals surface area (Å²) in [6.45, 7) is 6.35. The van der Waals surface area contributed by atoms with Crippen molar-refractivity contribution < 1.29 is 4.79 Å². The highest BCUT2D eigenvalue weighted by Gasteiger charge is 2.22. The molecule has 1 N–H and O–H groups in total. The van der Waals surface area contributed by atoms with Gasteiger partial charge in [-0.1, -0.05) is 62.4 Å². The lowest BCUT2D eigenvalue weighted by Crippen LogP contribution is -2.36. The van der Waals surface area contributed by atoms with E-state index in [1.54, 1.807) is 0 Å². The van der Waals surface area contributed by atoms with Crippen molar-refractivity contribution >= 4 is 16.8 Å². The number of para-hydroxylation sites is 1. The van der Waals surface area contributed by atoms with Gasteiger partial charge in [0.25, 0.3) is 0 Å². The fraction of sp³-hybridized carbons (Fsp3) is 0.375. The van der Waals surface area contributed by atoms with E-state index in [9.17, 15) is 4.79 Å². The lowest BCUT2D eigenvalue weighted by Gasteiger charge is -2.21. The normalized spacial score (nSPS) is 13.7. The van der Waals surface area contributed by atoms with E-state index < -0.39 is 0 Å². The van der Waals surface area contributed by atoms with Gasteiger partial charge < -0.3 is 9.88 Å². The molecule has 0 bridgehead atoms. The number of nitrogens with zero attached hydrogens (tertiary/aromatic N) is 1. The average Bonchev–Trinajstić information content (AvgIpc) is 2.99. The van der Waals surface area contributed by atoms with E-state index in [1.165, 1.54) is 22.0 Å². The first-order valence-corrected chi connectivity index (χ1v) is 9.83. The number of amides is 1. The van der Waals surface area contributed by atoms with Gasteiger partial charge in [0.2, 0.25) is 5.91 Å². The van der Waals surface area contributed by atoms with Gasteiger partial charge in [-0.25, -0.2) is 0 Å². The minimum atomic E-state index is 0.130. The van der Waals surface area contributed by atoms with Crippen molar-refractivity contribution in [3.05, 3.63) is 71.9 Å². The molecule has 0 saturated heterocycles. The molecule has 3 rings (SSSR count). The third-order valence-electron chi connectivity index (χ3n) is 5.51. The van der Waals surface area contributed by atoms with Crippen LogP contribution in [0.2, 0.25) is 0 Å². The molecule has 1 aromatic heterocycles. The summed E-state index contributed by atoms with van der Waals surface area (Å²) in [5.41, 5.74) is 3.73. The SMILES string of the molecule is CC(C)C(C)NC(=O)CC(Cc1ccccc1)c1cn(C)c2ccccc12. The predicted molar refractivity (Wildman–Crippen MR) is 113 cm³/mol. The summed E-state index contributed by atoms with van der Waals surface area (Å²) < 4.78 is 2.16. The van der Waals surface area contributed by atoms with Crippen LogP contribution in [0.3, 0.4) is 0 Å². The van der Waals surface area contributed by atoms with E-state index in [0.29, 0.717) is 12.3 Å². The van der Waals surface area contributed by atoms with Crippen molar-refractivity contribution in [2.45, 2.75) is 45.6 Å². The molecule has 3 heteroatoms. The van der Waals surface area contributed by atoms with E-state index in [4.69, 9.17) is 0 Å². The first-order valence-electron chi connectivity index (χ1n) is 9.83. The molecule has 0 aliphatic carbocycles. The maximum absolute atomic E-state index is 12.8. The van der Waals surface area contributed by atoms with Crippen molar-refractivity contribution in [2.24, 2.45) is 13.0 Å². The zero-order valence-corrected chi connectivity index (χ0v) is 16.8. The van der Waals surface area contributed by atoms with E-state index in [2.05, 4.69) is 92.4 Å². The van der Waals surface area contributed by atoms with Gasteiger partial charge in [-0.05, 0) is 42.4 Å². The molecule has 0 aliphatic rings. The number of benzene rings is 2. The van der Waals surface area contributed by atoms with Crippen molar-refractivity contribution in [2.75, 3.05) is 0 Å². The van der Waals surface area contributed by atoms with Gasteiger partial charge in [0.05, 0.1) is 0 Å². The molecular formula is C24H30N2O. The second kappa shape index (κ2) is 8.43. The topological polar surface area (TPSA) is 34.0 Å². The van der Waals surface area contributed by atoms with Gasteiger partial charge in [-0.15, -0.1) is 0 Å². The Morgan fingerprint density at radius 3 is 2.37 bits per heavy atom.